The predicted octanol–water partition coefficient (Wildman–Crippen LogP) is 2.78. The fraction of sp³-hybridized carbons (Fsp3) is 0.200. The number of amides is 1. The van der Waals surface area contributed by atoms with Gasteiger partial charge in [-0.25, -0.2) is 0 Å². The average Bonchev–Trinajstić information content (AvgIpc) is 2.66. The van der Waals surface area contributed by atoms with E-state index in [9.17, 15) is 9.59 Å². The van der Waals surface area contributed by atoms with E-state index >= 15 is 0 Å². The van der Waals surface area contributed by atoms with Gasteiger partial charge < -0.3 is 19.8 Å². The highest BCUT2D eigenvalue weighted by molar-refractivity contribution is 5.99. The van der Waals surface area contributed by atoms with Gasteiger partial charge in [0.05, 0.1) is 19.7 Å². The summed E-state index contributed by atoms with van der Waals surface area (Å²) in [6.45, 7) is 2.03. The van der Waals surface area contributed by atoms with E-state index in [1.165, 1.54) is 14.2 Å². The van der Waals surface area contributed by atoms with Crippen LogP contribution >= 0.6 is 0 Å². The number of aromatic nitrogens is 1. The number of H-pyrrole nitrogens is 1. The van der Waals surface area contributed by atoms with Crippen molar-refractivity contribution in [2.24, 2.45) is 0 Å². The lowest BCUT2D eigenvalue weighted by Crippen LogP contribution is -2.27. The second-order valence-electron chi connectivity index (χ2n) is 5.88. The molecular formula is C20H20N2O4. The first-order chi connectivity index (χ1) is 12.5. The highest BCUT2D eigenvalue weighted by atomic mass is 16.5. The van der Waals surface area contributed by atoms with Gasteiger partial charge in [-0.15, -0.1) is 0 Å². The number of aryl methyl sites for hydroxylation is 1. The minimum absolute atomic E-state index is 0.0965. The van der Waals surface area contributed by atoms with Crippen molar-refractivity contribution in [3.05, 3.63) is 69.5 Å². The van der Waals surface area contributed by atoms with Crippen LogP contribution in [0.3, 0.4) is 0 Å². The van der Waals surface area contributed by atoms with E-state index in [1.54, 1.807) is 24.3 Å². The zero-order chi connectivity index (χ0) is 18.7. The van der Waals surface area contributed by atoms with Crippen LogP contribution in [0.4, 0.5) is 0 Å². The van der Waals surface area contributed by atoms with Crippen molar-refractivity contribution in [2.45, 2.75) is 13.5 Å². The standard InChI is InChI=1S/C20H20N2O4/c1-12-6-4-7-13-10-14(19(23)22-18(12)13)11-21-20(24)17-15(25-2)8-5-9-16(17)26-3/h4-10H,11H2,1-3H3,(H,21,24)(H,22,23). The zero-order valence-corrected chi connectivity index (χ0v) is 14.9. The average molecular weight is 352 g/mol. The van der Waals surface area contributed by atoms with Crippen molar-refractivity contribution < 1.29 is 14.3 Å². The molecule has 0 aliphatic carbocycles. The van der Waals surface area contributed by atoms with Crippen molar-refractivity contribution in [2.75, 3.05) is 14.2 Å². The molecule has 0 spiro atoms. The molecule has 26 heavy (non-hydrogen) atoms. The fourth-order valence-electron chi connectivity index (χ4n) is 2.90. The number of carbonyl (C=O) groups excluding carboxylic acids is 1. The van der Waals surface area contributed by atoms with Gasteiger partial charge in [-0.3, -0.25) is 9.59 Å². The van der Waals surface area contributed by atoms with Crippen LogP contribution in [-0.4, -0.2) is 25.1 Å². The minimum atomic E-state index is -0.372. The molecule has 0 saturated carbocycles. The quantitative estimate of drug-likeness (QED) is 0.740. The molecule has 0 radical (unpaired) electrons. The van der Waals surface area contributed by atoms with Gasteiger partial charge in [-0.2, -0.15) is 0 Å². The molecular weight excluding hydrogens is 332 g/mol. The number of para-hydroxylation sites is 1. The number of rotatable bonds is 5. The molecule has 1 aromatic heterocycles. The first-order valence-corrected chi connectivity index (χ1v) is 8.16. The number of hydrogen-bond donors (Lipinski definition) is 2. The van der Waals surface area contributed by atoms with E-state index in [0.29, 0.717) is 22.6 Å². The van der Waals surface area contributed by atoms with Crippen LogP contribution in [0, 0.1) is 6.92 Å². The SMILES string of the molecule is COc1cccc(OC)c1C(=O)NCc1cc2cccc(C)c2[nH]c1=O. The number of carbonyl (C=O) groups is 1. The summed E-state index contributed by atoms with van der Waals surface area (Å²) in [6, 6.07) is 12.7. The molecule has 0 bridgehead atoms. The minimum Gasteiger partial charge on any atom is -0.496 e. The Morgan fingerprint density at radius 2 is 1.73 bits per heavy atom. The molecule has 0 fully saturated rings. The topological polar surface area (TPSA) is 80.4 Å². The summed E-state index contributed by atoms with van der Waals surface area (Å²) >= 11 is 0. The Balaban J connectivity index is 1.88. The molecule has 2 N–H and O–H groups in total. The largest absolute Gasteiger partial charge is 0.496 e. The van der Waals surface area contributed by atoms with Gasteiger partial charge in [-0.05, 0) is 36.1 Å². The summed E-state index contributed by atoms with van der Waals surface area (Å²) in [6.07, 6.45) is 0. The van der Waals surface area contributed by atoms with Crippen molar-refractivity contribution >= 4 is 16.8 Å². The molecule has 0 aliphatic heterocycles. The first-order valence-electron chi connectivity index (χ1n) is 8.16. The number of aromatic amines is 1. The van der Waals surface area contributed by atoms with Crippen LogP contribution in [0.1, 0.15) is 21.5 Å². The summed E-state index contributed by atoms with van der Waals surface area (Å²) in [7, 11) is 2.98. The molecule has 134 valence electrons. The highest BCUT2D eigenvalue weighted by Gasteiger charge is 2.18. The van der Waals surface area contributed by atoms with Gasteiger partial charge in [0, 0.05) is 12.1 Å². The normalized spacial score (nSPS) is 10.6. The second kappa shape index (κ2) is 7.31. The number of benzene rings is 2. The van der Waals surface area contributed by atoms with Gasteiger partial charge in [0.25, 0.3) is 11.5 Å². The van der Waals surface area contributed by atoms with E-state index in [2.05, 4.69) is 10.3 Å². The maximum absolute atomic E-state index is 12.6. The molecule has 1 heterocycles. The van der Waals surface area contributed by atoms with Gasteiger partial charge in [0.2, 0.25) is 0 Å². The van der Waals surface area contributed by atoms with Crippen LogP contribution in [0.15, 0.2) is 47.3 Å². The van der Waals surface area contributed by atoms with Crippen LogP contribution in [0.2, 0.25) is 0 Å². The summed E-state index contributed by atoms with van der Waals surface area (Å²) in [5, 5.41) is 3.69. The fourth-order valence-corrected chi connectivity index (χ4v) is 2.90. The van der Waals surface area contributed by atoms with E-state index in [1.807, 2.05) is 25.1 Å². The summed E-state index contributed by atoms with van der Waals surface area (Å²) in [5.74, 6) is 0.442. The summed E-state index contributed by atoms with van der Waals surface area (Å²) < 4.78 is 10.5. The maximum Gasteiger partial charge on any atom is 0.259 e. The molecule has 6 heteroatoms. The first kappa shape index (κ1) is 17.5. The Labute approximate surface area is 150 Å². The molecule has 0 saturated heterocycles. The van der Waals surface area contributed by atoms with Crippen molar-refractivity contribution in [1.29, 1.82) is 0 Å². The number of hydrogen-bond acceptors (Lipinski definition) is 4. The Bertz CT molecular complexity index is 1000. The van der Waals surface area contributed by atoms with Crippen LogP contribution in [-0.2, 0) is 6.54 Å². The molecule has 0 unspecified atom stereocenters. The summed E-state index contributed by atoms with van der Waals surface area (Å²) in [5.41, 5.74) is 2.35. The van der Waals surface area contributed by atoms with Crippen LogP contribution in [0.5, 0.6) is 11.5 Å². The molecule has 2 aromatic carbocycles. The lowest BCUT2D eigenvalue weighted by Gasteiger charge is -2.13. The lowest BCUT2D eigenvalue weighted by molar-refractivity contribution is 0.0944. The number of pyridine rings is 1. The second-order valence-corrected chi connectivity index (χ2v) is 5.88. The van der Waals surface area contributed by atoms with E-state index in [-0.39, 0.29) is 18.0 Å². The van der Waals surface area contributed by atoms with Gasteiger partial charge in [0.1, 0.15) is 17.1 Å². The number of nitrogens with one attached hydrogen (secondary N) is 2. The molecule has 3 aromatic rings. The monoisotopic (exact) mass is 352 g/mol. The molecule has 3 rings (SSSR count). The Hall–Kier alpha value is -3.28. The third kappa shape index (κ3) is 3.26. The molecule has 0 aliphatic rings. The van der Waals surface area contributed by atoms with E-state index in [4.69, 9.17) is 9.47 Å². The number of fused-ring (bicyclic) bond motifs is 1. The van der Waals surface area contributed by atoms with Crippen molar-refractivity contribution in [3.8, 4) is 11.5 Å². The van der Waals surface area contributed by atoms with E-state index < -0.39 is 0 Å². The molecule has 1 amide bonds. The lowest BCUT2D eigenvalue weighted by atomic mass is 10.1. The smallest absolute Gasteiger partial charge is 0.259 e. The van der Waals surface area contributed by atoms with E-state index in [0.717, 1.165) is 16.5 Å². The number of methoxy groups -OCH3 is 2. The Morgan fingerprint density at radius 3 is 2.38 bits per heavy atom. The zero-order valence-electron chi connectivity index (χ0n) is 14.9. The Kier molecular flexibility index (Phi) is 4.93. The highest BCUT2D eigenvalue weighted by Crippen LogP contribution is 2.28. The summed E-state index contributed by atoms with van der Waals surface area (Å²) in [4.78, 5) is 27.8. The third-order valence-corrected chi connectivity index (χ3v) is 4.26. The van der Waals surface area contributed by atoms with Crippen LogP contribution in [0.25, 0.3) is 10.9 Å². The molecule has 6 nitrogen and oxygen atoms in total. The Morgan fingerprint density at radius 1 is 1.08 bits per heavy atom. The molecule has 0 atom stereocenters. The third-order valence-electron chi connectivity index (χ3n) is 4.26. The van der Waals surface area contributed by atoms with Gasteiger partial charge in [-0.1, -0.05) is 24.3 Å². The number of ether oxygens (including phenoxy) is 2. The van der Waals surface area contributed by atoms with Crippen LogP contribution < -0.4 is 20.3 Å². The van der Waals surface area contributed by atoms with Gasteiger partial charge in [0.15, 0.2) is 0 Å². The van der Waals surface area contributed by atoms with Gasteiger partial charge >= 0.3 is 0 Å². The van der Waals surface area contributed by atoms with Crippen molar-refractivity contribution in [3.63, 3.8) is 0 Å². The maximum atomic E-state index is 12.6. The predicted molar refractivity (Wildman–Crippen MR) is 100 cm³/mol. The van der Waals surface area contributed by atoms with Crippen molar-refractivity contribution in [1.82, 2.24) is 10.3 Å².